The van der Waals surface area contributed by atoms with Crippen molar-refractivity contribution in [1.82, 2.24) is 4.90 Å². The second-order valence-corrected chi connectivity index (χ2v) is 5.25. The van der Waals surface area contributed by atoms with E-state index < -0.39 is 0 Å². The van der Waals surface area contributed by atoms with Crippen molar-refractivity contribution < 1.29 is 4.79 Å². The third-order valence-electron chi connectivity index (χ3n) is 3.59. The lowest BCUT2D eigenvalue weighted by Gasteiger charge is -2.23. The predicted molar refractivity (Wildman–Crippen MR) is 84.5 cm³/mol. The molecule has 1 rings (SSSR count). The number of nitrogens with zero attached hydrogens (tertiary/aromatic N) is 1. The van der Waals surface area contributed by atoms with Gasteiger partial charge in [0.2, 0.25) is 5.91 Å². The average molecular weight is 277 g/mol. The Morgan fingerprint density at radius 1 is 1.35 bits per heavy atom. The van der Waals surface area contributed by atoms with Crippen molar-refractivity contribution in [3.63, 3.8) is 0 Å². The number of carbonyl (C=O) groups is 1. The summed E-state index contributed by atoms with van der Waals surface area (Å²) in [6.07, 6.45) is 1.13. The molecule has 4 nitrogen and oxygen atoms in total. The van der Waals surface area contributed by atoms with E-state index in [1.807, 2.05) is 24.3 Å². The highest BCUT2D eigenvalue weighted by Crippen LogP contribution is 2.14. The SMILES string of the molecule is CCC(C)CN(CC)CC(=O)Nc1ccccc1CN. The quantitative estimate of drug-likeness (QED) is 0.767. The molecule has 20 heavy (non-hydrogen) atoms. The molecular weight excluding hydrogens is 250 g/mol. The average Bonchev–Trinajstić information content (AvgIpc) is 2.46. The molecule has 0 aliphatic carbocycles. The molecule has 0 saturated carbocycles. The molecule has 4 heteroatoms. The summed E-state index contributed by atoms with van der Waals surface area (Å²) in [5, 5.41) is 2.96. The van der Waals surface area contributed by atoms with E-state index in [1.54, 1.807) is 0 Å². The molecular formula is C16H27N3O. The summed E-state index contributed by atoms with van der Waals surface area (Å²) in [5.41, 5.74) is 7.46. The summed E-state index contributed by atoms with van der Waals surface area (Å²) >= 11 is 0. The molecule has 0 fully saturated rings. The van der Waals surface area contributed by atoms with Crippen LogP contribution in [-0.2, 0) is 11.3 Å². The zero-order valence-corrected chi connectivity index (χ0v) is 12.9. The number of hydrogen-bond donors (Lipinski definition) is 2. The summed E-state index contributed by atoms with van der Waals surface area (Å²) in [5.74, 6) is 0.634. The third-order valence-corrected chi connectivity index (χ3v) is 3.59. The van der Waals surface area contributed by atoms with Gasteiger partial charge in [-0.15, -0.1) is 0 Å². The first kappa shape index (κ1) is 16.7. The van der Waals surface area contributed by atoms with Gasteiger partial charge in [-0.25, -0.2) is 0 Å². The Hall–Kier alpha value is -1.39. The van der Waals surface area contributed by atoms with E-state index in [4.69, 9.17) is 5.73 Å². The Kier molecular flexibility index (Phi) is 7.26. The van der Waals surface area contributed by atoms with Gasteiger partial charge in [0.05, 0.1) is 6.54 Å². The number of nitrogens with two attached hydrogens (primary N) is 1. The fraction of sp³-hybridized carbons (Fsp3) is 0.562. The minimum Gasteiger partial charge on any atom is -0.326 e. The van der Waals surface area contributed by atoms with Crippen molar-refractivity contribution in [2.45, 2.75) is 33.7 Å². The molecule has 0 aromatic heterocycles. The number of anilines is 1. The van der Waals surface area contributed by atoms with Gasteiger partial charge in [0.25, 0.3) is 0 Å². The molecule has 0 radical (unpaired) electrons. The highest BCUT2D eigenvalue weighted by molar-refractivity contribution is 5.92. The van der Waals surface area contributed by atoms with Gasteiger partial charge < -0.3 is 11.1 Å². The van der Waals surface area contributed by atoms with Crippen molar-refractivity contribution >= 4 is 11.6 Å². The van der Waals surface area contributed by atoms with Gasteiger partial charge >= 0.3 is 0 Å². The Morgan fingerprint density at radius 2 is 2.05 bits per heavy atom. The molecule has 112 valence electrons. The van der Waals surface area contributed by atoms with Gasteiger partial charge in [-0.1, -0.05) is 45.4 Å². The van der Waals surface area contributed by atoms with Gasteiger partial charge in [0.1, 0.15) is 0 Å². The molecule has 0 aliphatic heterocycles. The van der Waals surface area contributed by atoms with Crippen LogP contribution in [0.2, 0.25) is 0 Å². The van der Waals surface area contributed by atoms with Crippen LogP contribution in [0.5, 0.6) is 0 Å². The highest BCUT2D eigenvalue weighted by atomic mass is 16.2. The maximum atomic E-state index is 12.1. The largest absolute Gasteiger partial charge is 0.326 e. The summed E-state index contributed by atoms with van der Waals surface area (Å²) < 4.78 is 0. The normalized spacial score (nSPS) is 12.4. The van der Waals surface area contributed by atoms with E-state index in [0.29, 0.717) is 19.0 Å². The van der Waals surface area contributed by atoms with E-state index in [-0.39, 0.29) is 5.91 Å². The lowest BCUT2D eigenvalue weighted by Crippen LogP contribution is -2.36. The van der Waals surface area contributed by atoms with Crippen LogP contribution in [0.1, 0.15) is 32.8 Å². The fourth-order valence-corrected chi connectivity index (χ4v) is 2.09. The Morgan fingerprint density at radius 3 is 2.65 bits per heavy atom. The maximum Gasteiger partial charge on any atom is 0.238 e. The van der Waals surface area contributed by atoms with Crippen molar-refractivity contribution in [3.8, 4) is 0 Å². The van der Waals surface area contributed by atoms with E-state index in [1.165, 1.54) is 0 Å². The Balaban J connectivity index is 2.57. The maximum absolute atomic E-state index is 12.1. The number of carbonyl (C=O) groups excluding carboxylic acids is 1. The van der Waals surface area contributed by atoms with Crippen molar-refractivity contribution in [3.05, 3.63) is 29.8 Å². The van der Waals surface area contributed by atoms with Crippen LogP contribution in [-0.4, -0.2) is 30.4 Å². The van der Waals surface area contributed by atoms with Gasteiger partial charge in [0, 0.05) is 18.8 Å². The number of nitrogens with one attached hydrogen (secondary N) is 1. The van der Waals surface area contributed by atoms with Crippen LogP contribution in [0.25, 0.3) is 0 Å². The second kappa shape index (κ2) is 8.72. The fourth-order valence-electron chi connectivity index (χ4n) is 2.09. The summed E-state index contributed by atoms with van der Waals surface area (Å²) in [4.78, 5) is 14.3. The number of benzene rings is 1. The third kappa shape index (κ3) is 5.31. The van der Waals surface area contributed by atoms with Crippen molar-refractivity contribution in [1.29, 1.82) is 0 Å². The van der Waals surface area contributed by atoms with Crippen LogP contribution in [0.3, 0.4) is 0 Å². The molecule has 1 aromatic rings. The number of amides is 1. The van der Waals surface area contributed by atoms with E-state index in [0.717, 1.165) is 30.8 Å². The molecule has 0 aliphatic rings. The molecule has 0 saturated heterocycles. The van der Waals surface area contributed by atoms with Gasteiger partial charge in [-0.05, 0) is 24.1 Å². The molecule has 1 amide bonds. The number of rotatable bonds is 8. The molecule has 3 N–H and O–H groups in total. The van der Waals surface area contributed by atoms with Crippen LogP contribution in [0, 0.1) is 5.92 Å². The van der Waals surface area contributed by atoms with Gasteiger partial charge in [-0.3, -0.25) is 9.69 Å². The number of likely N-dealkylation sites (N-methyl/N-ethyl adjacent to an activating group) is 1. The van der Waals surface area contributed by atoms with Gasteiger partial charge in [-0.2, -0.15) is 0 Å². The molecule has 1 atom stereocenters. The first-order valence-corrected chi connectivity index (χ1v) is 7.40. The first-order valence-electron chi connectivity index (χ1n) is 7.40. The van der Waals surface area contributed by atoms with Crippen molar-refractivity contribution in [2.24, 2.45) is 11.7 Å². The Bertz CT molecular complexity index is 420. The van der Waals surface area contributed by atoms with E-state index in [9.17, 15) is 4.79 Å². The smallest absolute Gasteiger partial charge is 0.238 e. The zero-order chi connectivity index (χ0) is 15.0. The first-order chi connectivity index (χ1) is 9.60. The van der Waals surface area contributed by atoms with Crippen molar-refractivity contribution in [2.75, 3.05) is 25.0 Å². The highest BCUT2D eigenvalue weighted by Gasteiger charge is 2.12. The van der Waals surface area contributed by atoms with E-state index >= 15 is 0 Å². The van der Waals surface area contributed by atoms with E-state index in [2.05, 4.69) is 31.0 Å². The molecule has 1 unspecified atom stereocenters. The standard InChI is InChI=1S/C16H27N3O/c1-4-13(3)11-19(5-2)12-16(20)18-15-9-7-6-8-14(15)10-17/h6-9,13H,4-5,10-12,17H2,1-3H3,(H,18,20). The number of hydrogen-bond acceptors (Lipinski definition) is 3. The summed E-state index contributed by atoms with van der Waals surface area (Å²) in [6, 6.07) is 7.67. The topological polar surface area (TPSA) is 58.4 Å². The number of para-hydroxylation sites is 1. The lowest BCUT2D eigenvalue weighted by molar-refractivity contribution is -0.117. The predicted octanol–water partition coefficient (Wildman–Crippen LogP) is 2.45. The molecule has 0 bridgehead atoms. The van der Waals surface area contributed by atoms with Crippen LogP contribution in [0.4, 0.5) is 5.69 Å². The zero-order valence-electron chi connectivity index (χ0n) is 12.9. The summed E-state index contributed by atoms with van der Waals surface area (Å²) in [6.45, 7) is 9.18. The van der Waals surface area contributed by atoms with Crippen LogP contribution < -0.4 is 11.1 Å². The molecule has 1 aromatic carbocycles. The minimum absolute atomic E-state index is 0.0241. The van der Waals surface area contributed by atoms with Gasteiger partial charge in [0.15, 0.2) is 0 Å². The lowest BCUT2D eigenvalue weighted by atomic mass is 10.1. The van der Waals surface area contributed by atoms with Crippen LogP contribution in [0.15, 0.2) is 24.3 Å². The Labute approximate surface area is 122 Å². The monoisotopic (exact) mass is 277 g/mol. The van der Waals surface area contributed by atoms with Crippen LogP contribution >= 0.6 is 0 Å². The molecule has 0 heterocycles. The minimum atomic E-state index is 0.0241. The second-order valence-electron chi connectivity index (χ2n) is 5.25. The molecule has 0 spiro atoms. The summed E-state index contributed by atoms with van der Waals surface area (Å²) in [7, 11) is 0.